The molecule has 10 heteroatoms. The molecule has 1 amide bonds. The van der Waals surface area contributed by atoms with Crippen LogP contribution in [0.5, 0.6) is 0 Å². The van der Waals surface area contributed by atoms with Gasteiger partial charge in [-0.3, -0.25) is 14.1 Å². The van der Waals surface area contributed by atoms with Crippen LogP contribution >= 0.6 is 11.3 Å². The van der Waals surface area contributed by atoms with Crippen molar-refractivity contribution < 1.29 is 22.5 Å². The van der Waals surface area contributed by atoms with E-state index < -0.39 is 15.8 Å². The van der Waals surface area contributed by atoms with E-state index in [-0.39, 0.29) is 11.8 Å². The molecular formula is C24H31N3O5S2. The number of hydrogen-bond acceptors (Lipinski definition) is 6. The maximum absolute atomic E-state index is 13.2. The fraction of sp³-hybridized carbons (Fsp3) is 0.500. The minimum absolute atomic E-state index is 0.131. The second kappa shape index (κ2) is 10.1. The number of thiazole rings is 1. The van der Waals surface area contributed by atoms with Gasteiger partial charge in [0, 0.05) is 17.5 Å². The first kappa shape index (κ1) is 24.7. The molecule has 1 saturated heterocycles. The first-order valence-corrected chi connectivity index (χ1v) is 13.9. The van der Waals surface area contributed by atoms with Gasteiger partial charge < -0.3 is 9.64 Å². The highest BCUT2D eigenvalue weighted by Gasteiger charge is 2.58. The predicted molar refractivity (Wildman–Crippen MR) is 131 cm³/mol. The average Bonchev–Trinajstić information content (AvgIpc) is 3.32. The second-order valence-corrected chi connectivity index (χ2v) is 11.0. The molecule has 1 aromatic heterocycles. The van der Waals surface area contributed by atoms with Crippen molar-refractivity contribution in [2.24, 2.45) is 5.92 Å². The van der Waals surface area contributed by atoms with Crippen molar-refractivity contribution in [2.75, 3.05) is 13.7 Å². The molecule has 2 N–H and O–H groups in total. The van der Waals surface area contributed by atoms with E-state index in [1.54, 1.807) is 30.6 Å². The van der Waals surface area contributed by atoms with Crippen LogP contribution in [-0.4, -0.2) is 42.4 Å². The summed E-state index contributed by atoms with van der Waals surface area (Å²) in [5.41, 5.74) is 2.21. The van der Waals surface area contributed by atoms with E-state index in [4.69, 9.17) is 14.3 Å². The first-order valence-electron chi connectivity index (χ1n) is 11.5. The molecule has 1 aliphatic heterocycles. The van der Waals surface area contributed by atoms with Crippen molar-refractivity contribution in [1.29, 1.82) is 0 Å². The monoisotopic (exact) mass is 505 g/mol. The molecule has 1 fully saturated rings. The molecule has 0 spiro atoms. The summed E-state index contributed by atoms with van der Waals surface area (Å²) < 4.78 is 38.6. The lowest BCUT2D eigenvalue weighted by Gasteiger charge is -2.22. The highest BCUT2D eigenvalue weighted by molar-refractivity contribution is 7.83. The van der Waals surface area contributed by atoms with Crippen LogP contribution in [-0.2, 0) is 31.8 Å². The van der Waals surface area contributed by atoms with E-state index >= 15 is 0 Å². The molecule has 0 radical (unpaired) electrons. The van der Waals surface area contributed by atoms with E-state index in [0.717, 1.165) is 48.6 Å². The zero-order valence-corrected chi connectivity index (χ0v) is 21.1. The highest BCUT2D eigenvalue weighted by atomic mass is 32.2. The van der Waals surface area contributed by atoms with Gasteiger partial charge in [0.1, 0.15) is 16.3 Å². The van der Waals surface area contributed by atoms with Gasteiger partial charge >= 0.3 is 10.3 Å². The smallest absolute Gasteiger partial charge is 0.357 e. The number of nitrogens with one attached hydrogen (secondary N) is 1. The summed E-state index contributed by atoms with van der Waals surface area (Å²) in [7, 11) is -2.63. The summed E-state index contributed by atoms with van der Waals surface area (Å²) >= 11 is 1.61. The molecule has 184 valence electrons. The summed E-state index contributed by atoms with van der Waals surface area (Å²) in [6, 6.07) is 0. The standard InChI is InChI=1S/C24H31N3O5S2/c1-3-19-15-33-23(25-19)24(14-18-7-10-20(11-8-18)26-34(29,30)31)16-27(24)22(28)12-9-17-5-4-6-21(13-17)32-2/h6-7,10-11,13,15,18,26H,3-5,8-9,12,14,16H2,1-2H3,(H,29,30,31). The molecule has 2 atom stereocenters. The predicted octanol–water partition coefficient (Wildman–Crippen LogP) is 4.02. The van der Waals surface area contributed by atoms with Crippen LogP contribution < -0.4 is 4.72 Å². The first-order chi connectivity index (χ1) is 16.2. The van der Waals surface area contributed by atoms with Gasteiger partial charge in [0.15, 0.2) is 0 Å². The van der Waals surface area contributed by atoms with Crippen molar-refractivity contribution in [3.63, 3.8) is 0 Å². The van der Waals surface area contributed by atoms with Gasteiger partial charge in [-0.05, 0) is 62.7 Å². The highest BCUT2D eigenvalue weighted by Crippen LogP contribution is 2.50. The Morgan fingerprint density at radius 3 is 2.88 bits per heavy atom. The Hall–Kier alpha value is -2.43. The molecule has 2 heterocycles. The fourth-order valence-corrected chi connectivity index (χ4v) is 6.19. The third-order valence-electron chi connectivity index (χ3n) is 6.53. The lowest BCUT2D eigenvalue weighted by molar-refractivity contribution is -0.127. The van der Waals surface area contributed by atoms with Crippen molar-refractivity contribution in [3.05, 3.63) is 63.5 Å². The molecule has 34 heavy (non-hydrogen) atoms. The Kier molecular flexibility index (Phi) is 7.30. The summed E-state index contributed by atoms with van der Waals surface area (Å²) in [5.74, 6) is 1.13. The van der Waals surface area contributed by atoms with Crippen LogP contribution in [0.3, 0.4) is 0 Å². The van der Waals surface area contributed by atoms with Crippen LogP contribution in [0.4, 0.5) is 0 Å². The van der Waals surface area contributed by atoms with Crippen molar-refractivity contribution >= 4 is 27.5 Å². The number of ether oxygens (including phenoxy) is 1. The number of carbonyl (C=O) groups is 1. The van der Waals surface area contributed by atoms with Crippen LogP contribution in [0.2, 0.25) is 0 Å². The number of methoxy groups -OCH3 is 1. The van der Waals surface area contributed by atoms with E-state index in [9.17, 15) is 13.2 Å². The number of nitrogens with zero attached hydrogens (tertiary/aromatic N) is 2. The molecule has 2 unspecified atom stereocenters. The maximum Gasteiger partial charge on any atom is 0.357 e. The van der Waals surface area contributed by atoms with Crippen LogP contribution in [0.1, 0.15) is 56.2 Å². The summed E-state index contributed by atoms with van der Waals surface area (Å²) in [6.07, 6.45) is 14.7. The lowest BCUT2D eigenvalue weighted by Crippen LogP contribution is -2.26. The molecule has 0 saturated carbocycles. The molecule has 4 rings (SSSR count). The number of aromatic nitrogens is 1. The van der Waals surface area contributed by atoms with Crippen molar-refractivity contribution in [3.8, 4) is 0 Å². The van der Waals surface area contributed by atoms with Gasteiger partial charge in [0.25, 0.3) is 0 Å². The molecule has 2 aliphatic carbocycles. The average molecular weight is 506 g/mol. The van der Waals surface area contributed by atoms with E-state index in [0.29, 0.717) is 25.1 Å². The molecule has 3 aliphatic rings. The number of amides is 1. The number of allylic oxidation sites excluding steroid dienone is 6. The Morgan fingerprint density at radius 1 is 1.41 bits per heavy atom. The number of rotatable bonds is 10. The third kappa shape index (κ3) is 5.79. The number of carbonyl (C=O) groups excluding carboxylic acids is 1. The van der Waals surface area contributed by atoms with Gasteiger partial charge in [0.2, 0.25) is 5.91 Å². The molecule has 0 bridgehead atoms. The number of hydrogen-bond donors (Lipinski definition) is 2. The Bertz CT molecular complexity index is 1160. The summed E-state index contributed by atoms with van der Waals surface area (Å²) in [5, 5.41) is 3.03. The molecular weight excluding hydrogens is 474 g/mol. The Balaban J connectivity index is 1.44. The lowest BCUT2D eigenvalue weighted by atomic mass is 9.89. The molecule has 0 aromatic carbocycles. The minimum atomic E-state index is -4.29. The van der Waals surface area contributed by atoms with Crippen molar-refractivity contribution in [1.82, 2.24) is 14.6 Å². The van der Waals surface area contributed by atoms with Crippen LogP contribution in [0, 0.1) is 5.92 Å². The zero-order chi connectivity index (χ0) is 24.3. The van der Waals surface area contributed by atoms with Gasteiger partial charge in [-0.15, -0.1) is 11.3 Å². The van der Waals surface area contributed by atoms with E-state index in [1.807, 2.05) is 17.1 Å². The van der Waals surface area contributed by atoms with Gasteiger partial charge in [0.05, 0.1) is 19.3 Å². The molecule has 1 aromatic rings. The van der Waals surface area contributed by atoms with Gasteiger partial charge in [-0.2, -0.15) is 8.42 Å². The number of aryl methyl sites for hydroxylation is 1. The topological polar surface area (TPSA) is 109 Å². The molecule has 8 nitrogen and oxygen atoms in total. The van der Waals surface area contributed by atoms with E-state index in [2.05, 4.69) is 23.1 Å². The Labute approximate surface area is 205 Å². The minimum Gasteiger partial charge on any atom is -0.497 e. The largest absolute Gasteiger partial charge is 0.497 e. The quantitative estimate of drug-likeness (QED) is 0.367. The summed E-state index contributed by atoms with van der Waals surface area (Å²) in [4.78, 5) is 20.0. The Morgan fingerprint density at radius 2 is 2.24 bits per heavy atom. The van der Waals surface area contributed by atoms with Gasteiger partial charge in [-0.1, -0.05) is 24.6 Å². The maximum atomic E-state index is 13.2. The fourth-order valence-electron chi connectivity index (χ4n) is 4.63. The SMILES string of the molecule is CCc1csc(C2(CC3C=CC(NS(=O)(=O)O)=CC3)CN2C(=O)CCC2=CC(OC)=CCC2)n1. The zero-order valence-electron chi connectivity index (χ0n) is 19.5. The van der Waals surface area contributed by atoms with Gasteiger partial charge in [-0.25, -0.2) is 4.98 Å². The second-order valence-electron chi connectivity index (χ2n) is 8.96. The van der Waals surface area contributed by atoms with E-state index in [1.165, 1.54) is 5.57 Å². The summed E-state index contributed by atoms with van der Waals surface area (Å²) in [6.45, 7) is 2.72. The van der Waals surface area contributed by atoms with Crippen LogP contribution in [0.25, 0.3) is 0 Å². The van der Waals surface area contributed by atoms with Crippen LogP contribution in [0.15, 0.2) is 52.8 Å². The third-order valence-corrected chi connectivity index (χ3v) is 8.11. The van der Waals surface area contributed by atoms with Crippen molar-refractivity contribution in [2.45, 2.75) is 57.4 Å². The normalized spacial score (nSPS) is 24.3.